The molecule has 29 heavy (non-hydrogen) atoms. The van der Waals surface area contributed by atoms with Gasteiger partial charge in [-0.3, -0.25) is 9.59 Å². The van der Waals surface area contributed by atoms with E-state index < -0.39 is 0 Å². The van der Waals surface area contributed by atoms with Crippen LogP contribution in [0.4, 0.5) is 5.69 Å². The van der Waals surface area contributed by atoms with E-state index in [-0.39, 0.29) is 11.8 Å². The first-order chi connectivity index (χ1) is 14.1. The minimum Gasteiger partial charge on any atom is -0.494 e. The summed E-state index contributed by atoms with van der Waals surface area (Å²) < 4.78 is 5.68. The summed E-state index contributed by atoms with van der Waals surface area (Å²) in [6.45, 7) is 8.33. The number of amides is 2. The van der Waals surface area contributed by atoms with Gasteiger partial charge in [-0.15, -0.1) is 0 Å². The molecule has 2 rings (SSSR count). The van der Waals surface area contributed by atoms with Gasteiger partial charge in [0.2, 0.25) is 0 Å². The third-order valence-corrected chi connectivity index (χ3v) is 4.50. The third-order valence-electron chi connectivity index (χ3n) is 4.50. The lowest BCUT2D eigenvalue weighted by atomic mass is 10.1. The summed E-state index contributed by atoms with van der Waals surface area (Å²) in [6, 6.07) is 14.3. The molecule has 0 saturated carbocycles. The van der Waals surface area contributed by atoms with Gasteiger partial charge in [-0.1, -0.05) is 39.3 Å². The molecule has 2 aromatic rings. The zero-order valence-corrected chi connectivity index (χ0v) is 17.7. The molecule has 0 spiro atoms. The summed E-state index contributed by atoms with van der Waals surface area (Å²) in [6.07, 6.45) is 3.87. The van der Waals surface area contributed by atoms with Crippen LogP contribution < -0.4 is 10.1 Å². The van der Waals surface area contributed by atoms with Gasteiger partial charge < -0.3 is 15.0 Å². The predicted molar refractivity (Wildman–Crippen MR) is 118 cm³/mol. The molecule has 156 valence electrons. The Balaban J connectivity index is 2.08. The molecule has 5 nitrogen and oxygen atoms in total. The van der Waals surface area contributed by atoms with Crippen molar-refractivity contribution >= 4 is 17.5 Å². The second-order valence-electron chi connectivity index (χ2n) is 7.06. The lowest BCUT2D eigenvalue weighted by Crippen LogP contribution is -2.32. The molecule has 2 aromatic carbocycles. The van der Waals surface area contributed by atoms with Crippen LogP contribution in [0, 0.1) is 0 Å². The van der Waals surface area contributed by atoms with E-state index in [2.05, 4.69) is 26.1 Å². The number of carbonyl (C=O) groups is 2. The van der Waals surface area contributed by atoms with Crippen molar-refractivity contribution in [3.63, 3.8) is 0 Å². The van der Waals surface area contributed by atoms with E-state index in [1.165, 1.54) is 0 Å². The lowest BCUT2D eigenvalue weighted by molar-refractivity contribution is 0.0755. The maximum Gasteiger partial charge on any atom is 0.255 e. The Hall–Kier alpha value is -2.82. The molecule has 1 N–H and O–H groups in total. The van der Waals surface area contributed by atoms with Crippen molar-refractivity contribution < 1.29 is 14.3 Å². The third kappa shape index (κ3) is 6.93. The van der Waals surface area contributed by atoms with Crippen LogP contribution in [-0.4, -0.2) is 36.4 Å². The van der Waals surface area contributed by atoms with E-state index in [1.54, 1.807) is 36.4 Å². The van der Waals surface area contributed by atoms with Gasteiger partial charge >= 0.3 is 0 Å². The van der Waals surface area contributed by atoms with Crippen LogP contribution in [0.2, 0.25) is 0 Å². The van der Waals surface area contributed by atoms with Gasteiger partial charge in [-0.2, -0.15) is 0 Å². The summed E-state index contributed by atoms with van der Waals surface area (Å²) in [5, 5.41) is 2.89. The molecule has 0 fully saturated rings. The van der Waals surface area contributed by atoms with E-state index in [0.29, 0.717) is 29.2 Å². The van der Waals surface area contributed by atoms with E-state index in [0.717, 1.165) is 38.8 Å². The summed E-state index contributed by atoms with van der Waals surface area (Å²) in [7, 11) is 0. The number of benzene rings is 2. The summed E-state index contributed by atoms with van der Waals surface area (Å²) in [5.41, 5.74) is 1.71. The van der Waals surface area contributed by atoms with Gasteiger partial charge in [-0.25, -0.2) is 0 Å². The molecule has 0 atom stereocenters. The molecule has 0 saturated heterocycles. The summed E-state index contributed by atoms with van der Waals surface area (Å²) in [5.74, 6) is 0.454. The molecule has 2 amide bonds. The van der Waals surface area contributed by atoms with Crippen LogP contribution in [-0.2, 0) is 0 Å². The fourth-order valence-electron chi connectivity index (χ4n) is 3.03. The smallest absolute Gasteiger partial charge is 0.255 e. The van der Waals surface area contributed by atoms with E-state index in [4.69, 9.17) is 4.74 Å². The first-order valence-electron chi connectivity index (χ1n) is 10.5. The monoisotopic (exact) mass is 396 g/mol. The topological polar surface area (TPSA) is 58.6 Å². The highest BCUT2D eigenvalue weighted by Gasteiger charge is 2.15. The largest absolute Gasteiger partial charge is 0.494 e. The Morgan fingerprint density at radius 2 is 1.59 bits per heavy atom. The Morgan fingerprint density at radius 1 is 0.897 bits per heavy atom. The van der Waals surface area contributed by atoms with Gasteiger partial charge in [0.05, 0.1) is 6.61 Å². The van der Waals surface area contributed by atoms with Gasteiger partial charge in [0, 0.05) is 29.9 Å². The van der Waals surface area contributed by atoms with Gasteiger partial charge in [0.15, 0.2) is 0 Å². The number of carbonyl (C=O) groups excluding carboxylic acids is 2. The Labute approximate surface area is 174 Å². The van der Waals surface area contributed by atoms with E-state index in [9.17, 15) is 9.59 Å². The zero-order chi connectivity index (χ0) is 21.1. The fourth-order valence-corrected chi connectivity index (χ4v) is 3.03. The Morgan fingerprint density at radius 3 is 2.28 bits per heavy atom. The number of ether oxygens (including phenoxy) is 1. The van der Waals surface area contributed by atoms with Crippen LogP contribution in [0.25, 0.3) is 0 Å². The highest BCUT2D eigenvalue weighted by atomic mass is 16.5. The second-order valence-corrected chi connectivity index (χ2v) is 7.06. The highest BCUT2D eigenvalue weighted by molar-refractivity contribution is 6.05. The normalized spacial score (nSPS) is 10.4. The quantitative estimate of drug-likeness (QED) is 0.519. The average Bonchev–Trinajstić information content (AvgIpc) is 2.73. The number of nitrogens with one attached hydrogen (secondary N) is 1. The van der Waals surface area contributed by atoms with Crippen molar-refractivity contribution in [2.75, 3.05) is 25.0 Å². The van der Waals surface area contributed by atoms with Crippen LogP contribution >= 0.6 is 0 Å². The van der Waals surface area contributed by atoms with Crippen molar-refractivity contribution in [2.24, 2.45) is 0 Å². The lowest BCUT2D eigenvalue weighted by Gasteiger charge is -2.21. The molecule has 5 heteroatoms. The number of rotatable bonds is 11. The molecule has 0 aromatic heterocycles. The summed E-state index contributed by atoms with van der Waals surface area (Å²) >= 11 is 0. The van der Waals surface area contributed by atoms with E-state index >= 15 is 0 Å². The maximum atomic E-state index is 12.8. The molecular weight excluding hydrogens is 364 g/mol. The minimum absolute atomic E-state index is 0.00359. The molecule has 0 heterocycles. The molecule has 0 unspecified atom stereocenters. The SMILES string of the molecule is CCCCOc1cccc(C(=O)Nc2cccc(C(=O)N(CCC)CCC)c2)c1. The Kier molecular flexibility index (Phi) is 9.22. The van der Waals surface area contributed by atoms with Crippen LogP contribution in [0.15, 0.2) is 48.5 Å². The van der Waals surface area contributed by atoms with Gasteiger partial charge in [0.25, 0.3) is 11.8 Å². The number of unbranched alkanes of at least 4 members (excludes halogenated alkanes) is 1. The first kappa shape index (κ1) is 22.5. The number of hydrogen-bond donors (Lipinski definition) is 1. The Bertz CT molecular complexity index is 798. The average molecular weight is 397 g/mol. The number of hydrogen-bond acceptors (Lipinski definition) is 3. The molecule has 0 aliphatic heterocycles. The van der Waals surface area contributed by atoms with E-state index in [1.807, 2.05) is 17.0 Å². The van der Waals surface area contributed by atoms with Gasteiger partial charge in [0.1, 0.15) is 5.75 Å². The summed E-state index contributed by atoms with van der Waals surface area (Å²) in [4.78, 5) is 27.3. The van der Waals surface area contributed by atoms with Crippen LogP contribution in [0.5, 0.6) is 5.75 Å². The van der Waals surface area contributed by atoms with Crippen molar-refractivity contribution in [2.45, 2.75) is 46.5 Å². The maximum absolute atomic E-state index is 12.8. The first-order valence-corrected chi connectivity index (χ1v) is 10.5. The highest BCUT2D eigenvalue weighted by Crippen LogP contribution is 2.18. The predicted octanol–water partition coefficient (Wildman–Crippen LogP) is 5.38. The van der Waals surface area contributed by atoms with Crippen molar-refractivity contribution in [1.82, 2.24) is 4.90 Å². The second kappa shape index (κ2) is 11.9. The standard InChI is InChI=1S/C24H32N2O3/c1-4-7-16-29-22-13-9-10-19(18-22)23(27)25-21-12-8-11-20(17-21)24(28)26(14-5-2)15-6-3/h8-13,17-18H,4-7,14-16H2,1-3H3,(H,25,27). The number of nitrogens with zero attached hydrogens (tertiary/aromatic N) is 1. The molecule has 0 radical (unpaired) electrons. The van der Waals surface area contributed by atoms with Crippen molar-refractivity contribution in [1.29, 1.82) is 0 Å². The van der Waals surface area contributed by atoms with Crippen LogP contribution in [0.1, 0.15) is 67.2 Å². The van der Waals surface area contributed by atoms with Crippen molar-refractivity contribution in [3.8, 4) is 5.75 Å². The fraction of sp³-hybridized carbons (Fsp3) is 0.417. The van der Waals surface area contributed by atoms with Crippen molar-refractivity contribution in [3.05, 3.63) is 59.7 Å². The molecular formula is C24H32N2O3. The van der Waals surface area contributed by atoms with Crippen LogP contribution in [0.3, 0.4) is 0 Å². The van der Waals surface area contributed by atoms with Gasteiger partial charge in [-0.05, 0) is 55.7 Å². The number of anilines is 1. The molecule has 0 aliphatic carbocycles. The molecule has 0 aliphatic rings. The minimum atomic E-state index is -0.227. The molecule has 0 bridgehead atoms. The zero-order valence-electron chi connectivity index (χ0n) is 17.7.